The number of anilines is 1. The number of halogens is 3. The molecule has 10 heteroatoms. The number of pyridine rings is 1. The summed E-state index contributed by atoms with van der Waals surface area (Å²) in [7, 11) is 0. The van der Waals surface area contributed by atoms with Crippen molar-refractivity contribution in [2.75, 3.05) is 11.4 Å². The zero-order valence-electron chi connectivity index (χ0n) is 21.5. The molecule has 1 aliphatic heterocycles. The average molecular weight is 568 g/mol. The predicted octanol–water partition coefficient (Wildman–Crippen LogP) is 5.47. The van der Waals surface area contributed by atoms with Gasteiger partial charge in [-0.25, -0.2) is 8.78 Å². The SMILES string of the molecule is O=C(CC1(O)C(=O)N(CC2CCC(NC(=O)c3cc(Cl)cnc3C(F)F)CC2)c2ccccc21)c1ccccc1. The summed E-state index contributed by atoms with van der Waals surface area (Å²) >= 11 is 5.88. The number of aliphatic hydroxyl groups is 1. The second kappa shape index (κ2) is 11.4. The lowest BCUT2D eigenvalue weighted by Crippen LogP contribution is -2.45. The standard InChI is InChI=1S/C30H28ClF2N3O4/c31-20-14-22(26(27(32)33)34-16-20)28(38)35-21-12-10-18(11-13-21)17-36-24-9-5-4-8-23(24)30(40,29(36)39)15-25(37)19-6-2-1-3-7-19/h1-9,14,16,18,21,27,40H,10-13,15,17H2,(H,35,38). The number of amides is 2. The molecular weight excluding hydrogens is 540 g/mol. The average Bonchev–Trinajstić information content (AvgIpc) is 3.16. The van der Waals surface area contributed by atoms with Crippen LogP contribution in [0.25, 0.3) is 0 Å². The van der Waals surface area contributed by atoms with E-state index in [0.717, 1.165) is 6.20 Å². The van der Waals surface area contributed by atoms with Crippen molar-refractivity contribution in [1.82, 2.24) is 10.3 Å². The van der Waals surface area contributed by atoms with Crippen LogP contribution < -0.4 is 10.2 Å². The van der Waals surface area contributed by atoms with Crippen molar-refractivity contribution < 1.29 is 28.3 Å². The maximum Gasteiger partial charge on any atom is 0.281 e. The topological polar surface area (TPSA) is 99.6 Å². The van der Waals surface area contributed by atoms with Crippen LogP contribution in [0.5, 0.6) is 0 Å². The third kappa shape index (κ3) is 5.48. The largest absolute Gasteiger partial charge is 0.375 e. The number of nitrogens with one attached hydrogen (secondary N) is 1. The summed E-state index contributed by atoms with van der Waals surface area (Å²) in [6.07, 6.45) is 0.352. The number of para-hydroxylation sites is 1. The van der Waals surface area contributed by atoms with E-state index >= 15 is 0 Å². The van der Waals surface area contributed by atoms with Crippen LogP contribution in [0.1, 0.15) is 70.5 Å². The van der Waals surface area contributed by atoms with E-state index in [2.05, 4.69) is 10.3 Å². The molecule has 2 aromatic carbocycles. The number of fused-ring (bicyclic) bond motifs is 1. The first-order valence-corrected chi connectivity index (χ1v) is 13.5. The minimum absolute atomic E-state index is 0.0850. The molecule has 2 N–H and O–H groups in total. The van der Waals surface area contributed by atoms with Crippen molar-refractivity contribution in [3.05, 3.63) is 94.3 Å². The summed E-state index contributed by atoms with van der Waals surface area (Å²) in [4.78, 5) is 44.5. The van der Waals surface area contributed by atoms with Gasteiger partial charge in [-0.05, 0) is 43.7 Å². The Labute approximate surface area is 235 Å². The number of ketones is 1. The Morgan fingerprint density at radius 2 is 1.75 bits per heavy atom. The van der Waals surface area contributed by atoms with E-state index in [0.29, 0.717) is 49.0 Å². The van der Waals surface area contributed by atoms with Crippen LogP contribution in [-0.2, 0) is 10.4 Å². The van der Waals surface area contributed by atoms with Crippen LogP contribution in [0.2, 0.25) is 5.02 Å². The van der Waals surface area contributed by atoms with E-state index < -0.39 is 29.5 Å². The van der Waals surface area contributed by atoms with Crippen LogP contribution in [0.3, 0.4) is 0 Å². The molecule has 1 unspecified atom stereocenters. The van der Waals surface area contributed by atoms with Crippen LogP contribution in [0.15, 0.2) is 66.9 Å². The molecule has 0 radical (unpaired) electrons. The van der Waals surface area contributed by atoms with Gasteiger partial charge in [0.1, 0.15) is 5.69 Å². The lowest BCUT2D eigenvalue weighted by Gasteiger charge is -2.32. The zero-order chi connectivity index (χ0) is 28.4. The number of carbonyl (C=O) groups is 3. The number of alkyl halides is 2. The molecule has 1 saturated carbocycles. The molecule has 1 aromatic heterocycles. The highest BCUT2D eigenvalue weighted by Crippen LogP contribution is 2.44. The van der Waals surface area contributed by atoms with E-state index in [1.165, 1.54) is 6.07 Å². The minimum Gasteiger partial charge on any atom is -0.375 e. The summed E-state index contributed by atoms with van der Waals surface area (Å²) in [5.41, 5.74) is -1.39. The summed E-state index contributed by atoms with van der Waals surface area (Å²) in [5.74, 6) is -1.41. The fraction of sp³-hybridized carbons (Fsp3) is 0.333. The van der Waals surface area contributed by atoms with Gasteiger partial charge in [-0.3, -0.25) is 19.4 Å². The number of hydrogen-bond acceptors (Lipinski definition) is 5. The molecule has 208 valence electrons. The fourth-order valence-electron chi connectivity index (χ4n) is 5.63. The highest BCUT2D eigenvalue weighted by molar-refractivity contribution is 6.30. The van der Waals surface area contributed by atoms with Crippen molar-refractivity contribution in [2.45, 2.75) is 50.2 Å². The highest BCUT2D eigenvalue weighted by Gasteiger charge is 2.51. The summed E-state index contributed by atoms with van der Waals surface area (Å²) in [6, 6.07) is 16.5. The van der Waals surface area contributed by atoms with Gasteiger partial charge in [-0.15, -0.1) is 0 Å². The summed E-state index contributed by atoms with van der Waals surface area (Å²) in [6.45, 7) is 0.353. The van der Waals surface area contributed by atoms with Gasteiger partial charge >= 0.3 is 0 Å². The molecule has 2 aliphatic rings. The first kappa shape index (κ1) is 27.9. The Morgan fingerprint density at radius 3 is 2.45 bits per heavy atom. The van der Waals surface area contributed by atoms with Gasteiger partial charge in [-0.1, -0.05) is 60.1 Å². The molecule has 0 saturated heterocycles. The van der Waals surface area contributed by atoms with Crippen molar-refractivity contribution in [3.63, 3.8) is 0 Å². The Morgan fingerprint density at radius 1 is 1.07 bits per heavy atom. The second-order valence-corrected chi connectivity index (χ2v) is 10.8. The van der Waals surface area contributed by atoms with Gasteiger partial charge in [0.15, 0.2) is 11.4 Å². The van der Waals surface area contributed by atoms with E-state index in [4.69, 9.17) is 11.6 Å². The smallest absolute Gasteiger partial charge is 0.281 e. The minimum atomic E-state index is -2.91. The van der Waals surface area contributed by atoms with E-state index in [9.17, 15) is 28.3 Å². The molecule has 0 spiro atoms. The molecule has 7 nitrogen and oxygen atoms in total. The normalized spacial score (nSPS) is 22.3. The Kier molecular flexibility index (Phi) is 7.96. The van der Waals surface area contributed by atoms with Crippen molar-refractivity contribution >= 4 is 34.9 Å². The molecule has 2 heterocycles. The van der Waals surface area contributed by atoms with Crippen molar-refractivity contribution in [2.24, 2.45) is 5.92 Å². The molecule has 5 rings (SSSR count). The highest BCUT2D eigenvalue weighted by atomic mass is 35.5. The maximum absolute atomic E-state index is 13.6. The summed E-state index contributed by atoms with van der Waals surface area (Å²) in [5, 5.41) is 14.5. The first-order chi connectivity index (χ1) is 19.2. The van der Waals surface area contributed by atoms with Crippen molar-refractivity contribution in [3.8, 4) is 0 Å². The molecule has 1 fully saturated rings. The van der Waals surface area contributed by atoms with Crippen LogP contribution >= 0.6 is 11.6 Å². The maximum atomic E-state index is 13.6. The van der Waals surface area contributed by atoms with Gasteiger partial charge in [-0.2, -0.15) is 0 Å². The lowest BCUT2D eigenvalue weighted by molar-refractivity contribution is -0.136. The number of nitrogens with zero attached hydrogens (tertiary/aromatic N) is 2. The van der Waals surface area contributed by atoms with Gasteiger partial charge in [0.05, 0.1) is 22.7 Å². The summed E-state index contributed by atoms with van der Waals surface area (Å²) < 4.78 is 26.7. The van der Waals surface area contributed by atoms with Crippen molar-refractivity contribution in [1.29, 1.82) is 0 Å². The molecule has 3 aromatic rings. The number of Topliss-reactive ketones (excluding diaryl/α,β-unsaturated/α-hetero) is 1. The van der Waals surface area contributed by atoms with Crippen LogP contribution in [-0.4, -0.2) is 40.3 Å². The number of rotatable bonds is 8. The van der Waals surface area contributed by atoms with E-state index in [-0.39, 0.29) is 34.7 Å². The predicted molar refractivity (Wildman–Crippen MR) is 145 cm³/mol. The van der Waals surface area contributed by atoms with Gasteiger partial charge in [0, 0.05) is 29.9 Å². The van der Waals surface area contributed by atoms with E-state index in [1.54, 1.807) is 59.5 Å². The number of benzene rings is 2. The zero-order valence-corrected chi connectivity index (χ0v) is 22.3. The molecule has 1 atom stereocenters. The quantitative estimate of drug-likeness (QED) is 0.352. The number of carbonyl (C=O) groups excluding carboxylic acids is 3. The molecule has 40 heavy (non-hydrogen) atoms. The third-order valence-corrected chi connectivity index (χ3v) is 7.92. The number of hydrogen-bond donors (Lipinski definition) is 2. The third-order valence-electron chi connectivity index (χ3n) is 7.71. The van der Waals surface area contributed by atoms with E-state index in [1.807, 2.05) is 0 Å². The van der Waals surface area contributed by atoms with Crippen LogP contribution in [0, 0.1) is 5.92 Å². The molecule has 1 aliphatic carbocycles. The van der Waals surface area contributed by atoms with Gasteiger partial charge < -0.3 is 15.3 Å². The second-order valence-electron chi connectivity index (χ2n) is 10.3. The number of aromatic nitrogens is 1. The molecule has 0 bridgehead atoms. The monoisotopic (exact) mass is 567 g/mol. The Bertz CT molecular complexity index is 1430. The first-order valence-electron chi connectivity index (χ1n) is 13.1. The lowest BCUT2D eigenvalue weighted by atomic mass is 9.85. The Balaban J connectivity index is 1.24. The molecule has 2 amide bonds. The van der Waals surface area contributed by atoms with Gasteiger partial charge in [0.25, 0.3) is 18.2 Å². The van der Waals surface area contributed by atoms with Crippen LogP contribution in [0.4, 0.5) is 14.5 Å². The Hall–Kier alpha value is -3.69. The fourth-order valence-corrected chi connectivity index (χ4v) is 5.79. The van der Waals surface area contributed by atoms with Gasteiger partial charge in [0.2, 0.25) is 0 Å². The molecular formula is C30H28ClF2N3O4.